The monoisotopic (exact) mass is 615 g/mol. The minimum absolute atomic E-state index is 0.00844. The maximum Gasteiger partial charge on any atom is 0.264 e. The molecule has 0 radical (unpaired) electrons. The van der Waals surface area contributed by atoms with Crippen LogP contribution in [0.1, 0.15) is 38.7 Å². The maximum atomic E-state index is 14.2. The lowest BCUT2D eigenvalue weighted by atomic mass is 10.1. The molecule has 3 rings (SSSR count). The molecule has 9 nitrogen and oxygen atoms in total. The van der Waals surface area contributed by atoms with Crippen molar-refractivity contribution < 1.29 is 27.5 Å². The van der Waals surface area contributed by atoms with E-state index in [4.69, 9.17) is 21.1 Å². The van der Waals surface area contributed by atoms with Gasteiger partial charge in [0.05, 0.1) is 24.8 Å². The summed E-state index contributed by atoms with van der Waals surface area (Å²) in [4.78, 5) is 28.9. The summed E-state index contributed by atoms with van der Waals surface area (Å²) < 4.78 is 39.7. The SMILES string of the molecule is CCCCNC(=O)[C@@H](CC)N(Cc1ccc(OC)cc1)C(=O)CN(c1cc(Cl)ccc1OC)S(=O)(=O)c1ccccc1. The smallest absolute Gasteiger partial charge is 0.264 e. The van der Waals surface area contributed by atoms with Crippen LogP contribution < -0.4 is 19.1 Å². The lowest BCUT2D eigenvalue weighted by Crippen LogP contribution is -2.52. The van der Waals surface area contributed by atoms with Gasteiger partial charge in [-0.25, -0.2) is 8.42 Å². The quantitative estimate of drug-likeness (QED) is 0.233. The molecule has 0 spiro atoms. The first-order valence-corrected chi connectivity index (χ1v) is 15.6. The Morgan fingerprint density at radius 1 is 0.952 bits per heavy atom. The third kappa shape index (κ3) is 8.17. The number of hydrogen-bond acceptors (Lipinski definition) is 6. The number of nitrogens with one attached hydrogen (secondary N) is 1. The number of sulfonamides is 1. The predicted molar refractivity (Wildman–Crippen MR) is 165 cm³/mol. The molecular weight excluding hydrogens is 578 g/mol. The number of methoxy groups -OCH3 is 2. The molecule has 3 aromatic rings. The van der Waals surface area contributed by atoms with E-state index < -0.39 is 28.5 Å². The number of hydrogen-bond donors (Lipinski definition) is 1. The van der Waals surface area contributed by atoms with E-state index in [1.54, 1.807) is 61.7 Å². The highest BCUT2D eigenvalue weighted by Crippen LogP contribution is 2.35. The second kappa shape index (κ2) is 15.5. The van der Waals surface area contributed by atoms with Crippen molar-refractivity contribution in [2.75, 3.05) is 31.6 Å². The Labute approximate surface area is 253 Å². The molecule has 1 N–H and O–H groups in total. The number of ether oxygens (including phenoxy) is 2. The third-order valence-electron chi connectivity index (χ3n) is 6.75. The van der Waals surface area contributed by atoms with Gasteiger partial charge in [-0.15, -0.1) is 0 Å². The van der Waals surface area contributed by atoms with Gasteiger partial charge in [0.1, 0.15) is 24.1 Å². The number of halogens is 1. The Hall–Kier alpha value is -3.76. The molecule has 0 aliphatic rings. The van der Waals surface area contributed by atoms with Crippen LogP contribution in [-0.2, 0) is 26.2 Å². The summed E-state index contributed by atoms with van der Waals surface area (Å²) in [6.07, 6.45) is 2.03. The zero-order valence-corrected chi connectivity index (χ0v) is 26.0. The summed E-state index contributed by atoms with van der Waals surface area (Å²) in [6, 6.07) is 18.7. The van der Waals surface area contributed by atoms with E-state index >= 15 is 0 Å². The summed E-state index contributed by atoms with van der Waals surface area (Å²) in [5.41, 5.74) is 0.855. The average molecular weight is 616 g/mol. The van der Waals surface area contributed by atoms with Crippen LogP contribution in [0, 0.1) is 0 Å². The van der Waals surface area contributed by atoms with Crippen molar-refractivity contribution >= 4 is 39.1 Å². The lowest BCUT2D eigenvalue weighted by Gasteiger charge is -2.33. The number of carbonyl (C=O) groups excluding carboxylic acids is 2. The highest BCUT2D eigenvalue weighted by molar-refractivity contribution is 7.92. The largest absolute Gasteiger partial charge is 0.497 e. The molecule has 42 heavy (non-hydrogen) atoms. The van der Waals surface area contributed by atoms with E-state index in [9.17, 15) is 18.0 Å². The number of anilines is 1. The molecular formula is C31H38ClN3O6S. The van der Waals surface area contributed by atoms with Crippen LogP contribution in [0.2, 0.25) is 5.02 Å². The Morgan fingerprint density at radius 2 is 1.64 bits per heavy atom. The van der Waals surface area contributed by atoms with Crippen LogP contribution in [0.3, 0.4) is 0 Å². The van der Waals surface area contributed by atoms with Crippen LogP contribution in [0.5, 0.6) is 11.5 Å². The lowest BCUT2D eigenvalue weighted by molar-refractivity contribution is -0.140. The van der Waals surface area contributed by atoms with E-state index in [1.807, 2.05) is 13.8 Å². The molecule has 0 bridgehead atoms. The van der Waals surface area contributed by atoms with E-state index in [1.165, 1.54) is 30.2 Å². The Kier molecular flexibility index (Phi) is 12.1. The van der Waals surface area contributed by atoms with Gasteiger partial charge in [-0.2, -0.15) is 0 Å². The van der Waals surface area contributed by atoms with E-state index in [0.29, 0.717) is 18.7 Å². The highest BCUT2D eigenvalue weighted by atomic mass is 35.5. The molecule has 0 aromatic heterocycles. The number of rotatable bonds is 15. The molecule has 0 heterocycles. The Bertz CT molecular complexity index is 1430. The molecule has 0 fully saturated rings. The van der Waals surface area contributed by atoms with Crippen molar-refractivity contribution in [3.63, 3.8) is 0 Å². The van der Waals surface area contributed by atoms with Crippen LogP contribution in [0.4, 0.5) is 5.69 Å². The highest BCUT2D eigenvalue weighted by Gasteiger charge is 2.34. The summed E-state index contributed by atoms with van der Waals surface area (Å²) >= 11 is 6.28. The first kappa shape index (κ1) is 32.8. The molecule has 2 amide bonds. The van der Waals surface area contributed by atoms with Gasteiger partial charge in [0.25, 0.3) is 10.0 Å². The van der Waals surface area contributed by atoms with E-state index in [-0.39, 0.29) is 33.8 Å². The second-order valence-corrected chi connectivity index (χ2v) is 11.9. The van der Waals surface area contributed by atoms with Gasteiger partial charge in [0.15, 0.2) is 0 Å². The molecule has 0 unspecified atom stereocenters. The predicted octanol–water partition coefficient (Wildman–Crippen LogP) is 5.28. The number of carbonyl (C=O) groups is 2. The standard InChI is InChI=1S/C31H38ClN3O6S/c1-5-7-19-33-31(37)27(6-2)34(21-23-13-16-25(40-3)17-14-23)30(36)22-35(28-20-24(32)15-18-29(28)41-4)42(38,39)26-11-9-8-10-12-26/h8-18,20,27H,5-7,19,21-22H2,1-4H3,(H,33,37)/t27-/m1/s1. The fraction of sp³-hybridized carbons (Fsp3) is 0.355. The van der Waals surface area contributed by atoms with Crippen molar-refractivity contribution in [2.24, 2.45) is 0 Å². The number of unbranched alkanes of at least 4 members (excludes halogenated alkanes) is 1. The number of benzene rings is 3. The summed E-state index contributed by atoms with van der Waals surface area (Å²) in [5, 5.41) is 3.19. The Balaban J connectivity index is 2.08. The molecule has 1 atom stereocenters. The molecule has 3 aromatic carbocycles. The minimum Gasteiger partial charge on any atom is -0.497 e. The zero-order valence-electron chi connectivity index (χ0n) is 24.4. The first-order chi connectivity index (χ1) is 20.2. The topological polar surface area (TPSA) is 105 Å². The van der Waals surface area contributed by atoms with Crippen molar-refractivity contribution in [1.29, 1.82) is 0 Å². The van der Waals surface area contributed by atoms with Gasteiger partial charge < -0.3 is 19.7 Å². The van der Waals surface area contributed by atoms with Crippen LogP contribution in [-0.4, -0.2) is 58.5 Å². The Morgan fingerprint density at radius 3 is 2.24 bits per heavy atom. The zero-order chi connectivity index (χ0) is 30.7. The van der Waals surface area contributed by atoms with Gasteiger partial charge >= 0.3 is 0 Å². The van der Waals surface area contributed by atoms with Crippen LogP contribution >= 0.6 is 11.6 Å². The van der Waals surface area contributed by atoms with Crippen LogP contribution in [0.25, 0.3) is 0 Å². The van der Waals surface area contributed by atoms with Gasteiger partial charge in [0, 0.05) is 18.1 Å². The second-order valence-electron chi connectivity index (χ2n) is 9.58. The number of nitrogens with zero attached hydrogens (tertiary/aromatic N) is 2. The van der Waals surface area contributed by atoms with Crippen molar-refractivity contribution in [3.05, 3.63) is 83.4 Å². The first-order valence-electron chi connectivity index (χ1n) is 13.8. The minimum atomic E-state index is -4.25. The molecule has 0 aliphatic heterocycles. The summed E-state index contributed by atoms with van der Waals surface area (Å²) in [6.45, 7) is 3.80. The van der Waals surface area contributed by atoms with Crippen molar-refractivity contribution in [2.45, 2.75) is 50.6 Å². The average Bonchev–Trinajstić information content (AvgIpc) is 3.00. The molecule has 0 saturated heterocycles. The van der Waals surface area contributed by atoms with Crippen molar-refractivity contribution in [1.82, 2.24) is 10.2 Å². The molecule has 0 aliphatic carbocycles. The fourth-order valence-corrected chi connectivity index (χ4v) is 6.05. The van der Waals surface area contributed by atoms with E-state index in [2.05, 4.69) is 5.32 Å². The maximum absolute atomic E-state index is 14.2. The number of amides is 2. The van der Waals surface area contributed by atoms with Crippen molar-refractivity contribution in [3.8, 4) is 11.5 Å². The summed E-state index contributed by atoms with van der Waals surface area (Å²) in [5.74, 6) is 0.00220. The van der Waals surface area contributed by atoms with Gasteiger partial charge in [0.2, 0.25) is 11.8 Å². The van der Waals surface area contributed by atoms with Gasteiger partial charge in [-0.3, -0.25) is 13.9 Å². The molecule has 11 heteroatoms. The third-order valence-corrected chi connectivity index (χ3v) is 8.76. The summed E-state index contributed by atoms with van der Waals surface area (Å²) in [7, 11) is -1.29. The normalized spacial score (nSPS) is 11.8. The molecule has 0 saturated carbocycles. The van der Waals surface area contributed by atoms with Gasteiger partial charge in [-0.05, 0) is 60.9 Å². The van der Waals surface area contributed by atoms with Gasteiger partial charge in [-0.1, -0.05) is 62.2 Å². The van der Waals surface area contributed by atoms with E-state index in [0.717, 1.165) is 22.7 Å². The molecule has 226 valence electrons. The fourth-order valence-electron chi connectivity index (χ4n) is 4.44. The van der Waals surface area contributed by atoms with Crippen LogP contribution in [0.15, 0.2) is 77.7 Å².